The number of carbonyl (C=O) groups excluding carboxylic acids is 2. The smallest absolute Gasteiger partial charge is 0.185 e. The summed E-state index contributed by atoms with van der Waals surface area (Å²) in [5, 5.41) is 31.4. The molecule has 0 aromatic carbocycles. The van der Waals surface area contributed by atoms with Crippen LogP contribution in [-0.4, -0.2) is 44.2 Å². The van der Waals surface area contributed by atoms with Gasteiger partial charge < -0.3 is 15.3 Å². The molecule has 5 heteroatoms. The van der Waals surface area contributed by atoms with Gasteiger partial charge in [0, 0.05) is 22.3 Å². The van der Waals surface area contributed by atoms with Crippen LogP contribution in [0.3, 0.4) is 0 Å². The van der Waals surface area contributed by atoms with E-state index in [0.717, 1.165) is 32.1 Å². The number of rotatable bonds is 15. The van der Waals surface area contributed by atoms with Crippen molar-refractivity contribution in [2.45, 2.75) is 137 Å². The van der Waals surface area contributed by atoms with Crippen LogP contribution in [0.1, 0.15) is 120 Å². The predicted octanol–water partition coefficient (Wildman–Crippen LogP) is 5.85. The molecule has 5 nitrogen and oxygen atoms in total. The number of carbonyl (C=O) groups is 2. The Bertz CT molecular complexity index is 769. The molecule has 0 aromatic rings. The second-order valence-corrected chi connectivity index (χ2v) is 11.7. The van der Waals surface area contributed by atoms with Gasteiger partial charge in [-0.25, -0.2) is 0 Å². The lowest BCUT2D eigenvalue weighted by molar-refractivity contribution is -0.116. The molecule has 0 saturated heterocycles. The molecule has 0 heterocycles. The first kappa shape index (κ1) is 30.7. The zero-order valence-corrected chi connectivity index (χ0v) is 23.0. The summed E-state index contributed by atoms with van der Waals surface area (Å²) in [6.45, 7) is 15.0. The van der Waals surface area contributed by atoms with Gasteiger partial charge in [0.25, 0.3) is 0 Å². The Hall–Kier alpha value is -1.30. The molecule has 3 N–H and O–H groups in total. The van der Waals surface area contributed by atoms with Crippen LogP contribution in [-0.2, 0) is 9.59 Å². The quantitative estimate of drug-likeness (QED) is 0.257. The third-order valence-electron chi connectivity index (χ3n) is 7.80. The molecular formula is C29H50O5. The highest BCUT2D eigenvalue weighted by Gasteiger charge is 2.30. The molecule has 0 radical (unpaired) electrons. The van der Waals surface area contributed by atoms with Crippen molar-refractivity contribution in [3.63, 3.8) is 0 Å². The van der Waals surface area contributed by atoms with Crippen molar-refractivity contribution in [2.24, 2.45) is 11.8 Å². The molecule has 0 bridgehead atoms. The van der Waals surface area contributed by atoms with Crippen LogP contribution in [0.2, 0.25) is 0 Å². The summed E-state index contributed by atoms with van der Waals surface area (Å²) in [6, 6.07) is 0. The summed E-state index contributed by atoms with van der Waals surface area (Å²) in [5.74, 6) is 0.597. The van der Waals surface area contributed by atoms with E-state index in [9.17, 15) is 24.9 Å². The summed E-state index contributed by atoms with van der Waals surface area (Å²) in [5.41, 5.74) is 0.509. The van der Waals surface area contributed by atoms with Crippen molar-refractivity contribution >= 4 is 11.6 Å². The Morgan fingerprint density at radius 2 is 1.18 bits per heavy atom. The van der Waals surface area contributed by atoms with Gasteiger partial charge in [0.2, 0.25) is 0 Å². The normalized spacial score (nSPS) is 20.6. The summed E-state index contributed by atoms with van der Waals surface area (Å²) < 4.78 is 0. The van der Waals surface area contributed by atoms with Crippen molar-refractivity contribution < 1.29 is 24.9 Å². The molecule has 34 heavy (non-hydrogen) atoms. The predicted molar refractivity (Wildman–Crippen MR) is 139 cm³/mol. The number of hydrogen-bond acceptors (Lipinski definition) is 5. The van der Waals surface area contributed by atoms with E-state index in [-0.39, 0.29) is 23.6 Å². The second kappa shape index (κ2) is 13.1. The van der Waals surface area contributed by atoms with Crippen LogP contribution in [0.4, 0.5) is 0 Å². The standard InChI is InChI=1S/C29H50O5/c1-19(2)25(30)14-18-29(8,34)16-10-12-20(3)11-9-15-28(7,33)17-13-24-23(6)26(31)21(4)22(5)27(24)32/h19-20,25,30,33-34H,9-18H2,1-8H3. The Balaban J connectivity index is 2.38. The van der Waals surface area contributed by atoms with Gasteiger partial charge in [-0.2, -0.15) is 0 Å². The van der Waals surface area contributed by atoms with Crippen LogP contribution in [0.25, 0.3) is 0 Å². The van der Waals surface area contributed by atoms with E-state index >= 15 is 0 Å². The maximum atomic E-state index is 12.6. The van der Waals surface area contributed by atoms with Crippen molar-refractivity contribution in [3.05, 3.63) is 22.3 Å². The van der Waals surface area contributed by atoms with E-state index in [0.29, 0.717) is 60.3 Å². The second-order valence-electron chi connectivity index (χ2n) is 11.7. The monoisotopic (exact) mass is 478 g/mol. The van der Waals surface area contributed by atoms with Gasteiger partial charge in [0.15, 0.2) is 11.6 Å². The minimum Gasteiger partial charge on any atom is -0.393 e. The average Bonchev–Trinajstić information content (AvgIpc) is 2.74. The van der Waals surface area contributed by atoms with Gasteiger partial charge in [-0.1, -0.05) is 46.5 Å². The van der Waals surface area contributed by atoms with Crippen LogP contribution < -0.4 is 0 Å². The number of aliphatic hydroxyl groups excluding tert-OH is 1. The van der Waals surface area contributed by atoms with Crippen molar-refractivity contribution in [1.29, 1.82) is 0 Å². The van der Waals surface area contributed by atoms with Crippen molar-refractivity contribution in [3.8, 4) is 0 Å². The first-order valence-electron chi connectivity index (χ1n) is 13.2. The fourth-order valence-electron chi connectivity index (χ4n) is 4.70. The average molecular weight is 479 g/mol. The Labute approximate surface area is 207 Å². The molecule has 4 atom stereocenters. The molecule has 1 rings (SSSR count). The molecule has 0 aromatic heterocycles. The van der Waals surface area contributed by atoms with E-state index in [1.807, 2.05) is 27.7 Å². The SMILES string of the molecule is CC1=C(C)C(=O)C(CCC(C)(O)CCCC(C)CCCC(C)(O)CCC(O)C(C)C)=C(C)C1=O. The zero-order chi connectivity index (χ0) is 26.3. The minimum absolute atomic E-state index is 0.0596. The largest absolute Gasteiger partial charge is 0.393 e. The third kappa shape index (κ3) is 9.75. The third-order valence-corrected chi connectivity index (χ3v) is 7.80. The first-order valence-corrected chi connectivity index (χ1v) is 13.2. The van der Waals surface area contributed by atoms with Crippen LogP contribution >= 0.6 is 0 Å². The lowest BCUT2D eigenvalue weighted by atomic mass is 9.81. The lowest BCUT2D eigenvalue weighted by Crippen LogP contribution is -2.27. The molecule has 1 aliphatic carbocycles. The molecular weight excluding hydrogens is 428 g/mol. The number of hydrogen-bond donors (Lipinski definition) is 3. The van der Waals surface area contributed by atoms with Gasteiger partial charge in [-0.3, -0.25) is 9.59 Å². The zero-order valence-electron chi connectivity index (χ0n) is 23.0. The van der Waals surface area contributed by atoms with E-state index in [1.165, 1.54) is 0 Å². The van der Waals surface area contributed by atoms with Crippen molar-refractivity contribution in [2.75, 3.05) is 0 Å². The van der Waals surface area contributed by atoms with Crippen LogP contribution in [0.5, 0.6) is 0 Å². The Kier molecular flexibility index (Phi) is 11.9. The number of Topliss-reactive ketones (excluding diaryl/α,β-unsaturated/α-hetero) is 2. The number of ketones is 2. The molecule has 196 valence electrons. The van der Waals surface area contributed by atoms with E-state index in [2.05, 4.69) is 6.92 Å². The van der Waals surface area contributed by atoms with Gasteiger partial charge in [0.1, 0.15) is 0 Å². The van der Waals surface area contributed by atoms with Gasteiger partial charge in [-0.05, 0) is 85.0 Å². The topological polar surface area (TPSA) is 94.8 Å². The fourth-order valence-corrected chi connectivity index (χ4v) is 4.70. The highest BCUT2D eigenvalue weighted by atomic mass is 16.3. The minimum atomic E-state index is -0.874. The van der Waals surface area contributed by atoms with Gasteiger partial charge in [0.05, 0.1) is 17.3 Å². The van der Waals surface area contributed by atoms with E-state index in [1.54, 1.807) is 20.8 Å². The van der Waals surface area contributed by atoms with Gasteiger partial charge >= 0.3 is 0 Å². The summed E-state index contributed by atoms with van der Waals surface area (Å²) in [4.78, 5) is 25.0. The highest BCUT2D eigenvalue weighted by molar-refractivity contribution is 6.24. The summed E-state index contributed by atoms with van der Waals surface area (Å²) in [7, 11) is 0. The summed E-state index contributed by atoms with van der Waals surface area (Å²) >= 11 is 0. The Morgan fingerprint density at radius 1 is 0.706 bits per heavy atom. The maximum Gasteiger partial charge on any atom is 0.185 e. The van der Waals surface area contributed by atoms with E-state index in [4.69, 9.17) is 0 Å². The number of allylic oxidation sites excluding steroid dienone is 4. The first-order chi connectivity index (χ1) is 15.6. The van der Waals surface area contributed by atoms with Crippen molar-refractivity contribution in [1.82, 2.24) is 0 Å². The molecule has 4 unspecified atom stereocenters. The Morgan fingerprint density at radius 3 is 1.68 bits per heavy atom. The maximum absolute atomic E-state index is 12.6. The highest BCUT2D eigenvalue weighted by Crippen LogP contribution is 2.31. The molecule has 0 aliphatic heterocycles. The molecule has 0 spiro atoms. The lowest BCUT2D eigenvalue weighted by Gasteiger charge is -2.27. The molecule has 0 amide bonds. The molecule has 0 saturated carbocycles. The fraction of sp³-hybridized carbons (Fsp3) is 0.793. The van der Waals surface area contributed by atoms with Crippen LogP contribution in [0.15, 0.2) is 22.3 Å². The van der Waals surface area contributed by atoms with Gasteiger partial charge in [-0.15, -0.1) is 0 Å². The molecule has 0 fully saturated rings. The van der Waals surface area contributed by atoms with E-state index < -0.39 is 11.2 Å². The number of aliphatic hydroxyl groups is 3. The molecule has 1 aliphatic rings. The summed E-state index contributed by atoms with van der Waals surface area (Å²) in [6.07, 6.45) is 7.02. The van der Waals surface area contributed by atoms with Crippen LogP contribution in [0, 0.1) is 11.8 Å².